The summed E-state index contributed by atoms with van der Waals surface area (Å²) in [5.41, 5.74) is 6.04. The number of carbonyl (C=O) groups is 1. The minimum absolute atomic E-state index is 0.288. The van der Waals surface area contributed by atoms with Crippen LogP contribution in [0.2, 0.25) is 0 Å². The van der Waals surface area contributed by atoms with Crippen molar-refractivity contribution in [2.24, 2.45) is 5.73 Å². The van der Waals surface area contributed by atoms with Gasteiger partial charge in [0.15, 0.2) is 5.82 Å². The molecule has 3 N–H and O–H groups in total. The summed E-state index contributed by atoms with van der Waals surface area (Å²) in [6.45, 7) is 0. The Kier molecular flexibility index (Phi) is 1.30. The number of fused-ring (bicyclic) bond motifs is 1. The zero-order valence-corrected chi connectivity index (χ0v) is 6.11. The van der Waals surface area contributed by atoms with Crippen molar-refractivity contribution in [3.63, 3.8) is 0 Å². The third-order valence-electron chi connectivity index (χ3n) is 1.53. The molecule has 5 nitrogen and oxygen atoms in total. The second-order valence-corrected chi connectivity index (χ2v) is 2.34. The molecule has 0 aromatic carbocycles. The average molecular weight is 162 g/mol. The van der Waals surface area contributed by atoms with Crippen LogP contribution < -0.4 is 5.73 Å². The van der Waals surface area contributed by atoms with Crippen LogP contribution in [-0.4, -0.2) is 20.9 Å². The minimum atomic E-state index is -0.523. The summed E-state index contributed by atoms with van der Waals surface area (Å²) in [6, 6.07) is 1.73. The molecule has 0 radical (unpaired) electrons. The number of nitrogens with zero attached hydrogens (tertiary/aromatic N) is 2. The van der Waals surface area contributed by atoms with E-state index in [0.29, 0.717) is 11.5 Å². The van der Waals surface area contributed by atoms with Crippen molar-refractivity contribution in [3.05, 3.63) is 24.2 Å². The maximum absolute atomic E-state index is 10.7. The van der Waals surface area contributed by atoms with Gasteiger partial charge in [-0.3, -0.25) is 4.79 Å². The lowest BCUT2D eigenvalue weighted by Gasteiger charge is -1.98. The fourth-order valence-corrected chi connectivity index (χ4v) is 0.955. The molecule has 0 unspecified atom stereocenters. The first kappa shape index (κ1) is 6.78. The molecule has 0 aliphatic carbocycles. The SMILES string of the molecule is NC(=O)c1cnc2nccc-2[nH]1. The van der Waals surface area contributed by atoms with Gasteiger partial charge in [0.05, 0.1) is 11.9 Å². The predicted molar refractivity (Wildman–Crippen MR) is 41.5 cm³/mol. The molecule has 0 aromatic rings. The van der Waals surface area contributed by atoms with Crippen LogP contribution in [0.15, 0.2) is 18.5 Å². The van der Waals surface area contributed by atoms with Gasteiger partial charge in [-0.05, 0) is 6.07 Å². The van der Waals surface area contributed by atoms with Gasteiger partial charge in [0, 0.05) is 6.20 Å². The van der Waals surface area contributed by atoms with Gasteiger partial charge >= 0.3 is 0 Å². The highest BCUT2D eigenvalue weighted by Gasteiger charge is 2.08. The number of H-pyrrole nitrogens is 1. The molecule has 12 heavy (non-hydrogen) atoms. The van der Waals surface area contributed by atoms with Crippen molar-refractivity contribution in [1.82, 2.24) is 15.0 Å². The Balaban J connectivity index is 2.62. The summed E-state index contributed by atoms with van der Waals surface area (Å²) in [5, 5.41) is 0. The van der Waals surface area contributed by atoms with E-state index in [1.54, 1.807) is 12.3 Å². The number of hydrogen-bond donors (Lipinski definition) is 2. The molecule has 2 rings (SSSR count). The molecule has 5 heteroatoms. The third-order valence-corrected chi connectivity index (χ3v) is 1.53. The van der Waals surface area contributed by atoms with Crippen LogP contribution in [0, 0.1) is 0 Å². The smallest absolute Gasteiger partial charge is 0.266 e. The van der Waals surface area contributed by atoms with Crippen LogP contribution in [0.3, 0.4) is 0 Å². The highest BCUT2D eigenvalue weighted by atomic mass is 16.1. The molecule has 0 spiro atoms. The molecule has 0 aromatic heterocycles. The quantitative estimate of drug-likeness (QED) is 0.619. The number of amides is 1. The molecule has 2 aliphatic heterocycles. The monoisotopic (exact) mass is 162 g/mol. The van der Waals surface area contributed by atoms with Gasteiger partial charge in [-0.15, -0.1) is 0 Å². The van der Waals surface area contributed by atoms with Crippen molar-refractivity contribution >= 4 is 5.91 Å². The van der Waals surface area contributed by atoms with Gasteiger partial charge < -0.3 is 10.7 Å². The zero-order valence-electron chi connectivity index (χ0n) is 6.11. The summed E-state index contributed by atoms with van der Waals surface area (Å²) in [7, 11) is 0. The number of carbonyl (C=O) groups excluding carboxylic acids is 1. The lowest BCUT2D eigenvalue weighted by molar-refractivity contribution is 0.0995. The summed E-state index contributed by atoms with van der Waals surface area (Å²) in [6.07, 6.45) is 2.98. The number of rotatable bonds is 1. The Bertz CT molecular complexity index is 394. The van der Waals surface area contributed by atoms with Gasteiger partial charge in [0.2, 0.25) is 0 Å². The number of primary amides is 1. The number of hydrogen-bond acceptors (Lipinski definition) is 3. The Morgan fingerprint density at radius 2 is 2.33 bits per heavy atom. The van der Waals surface area contributed by atoms with E-state index in [1.807, 2.05) is 0 Å². The third kappa shape index (κ3) is 0.914. The van der Waals surface area contributed by atoms with E-state index >= 15 is 0 Å². The van der Waals surface area contributed by atoms with E-state index in [4.69, 9.17) is 5.73 Å². The maximum Gasteiger partial charge on any atom is 0.266 e. The minimum Gasteiger partial charge on any atom is -0.364 e. The van der Waals surface area contributed by atoms with Crippen LogP contribution in [0.5, 0.6) is 0 Å². The van der Waals surface area contributed by atoms with Crippen LogP contribution in [0.4, 0.5) is 0 Å². The molecule has 2 heterocycles. The van der Waals surface area contributed by atoms with Crippen molar-refractivity contribution in [1.29, 1.82) is 0 Å². The van der Waals surface area contributed by atoms with Crippen molar-refractivity contribution in [2.45, 2.75) is 0 Å². The maximum atomic E-state index is 10.7. The lowest BCUT2D eigenvalue weighted by Crippen LogP contribution is -2.14. The van der Waals surface area contributed by atoms with Crippen LogP contribution in [0.1, 0.15) is 10.5 Å². The Hall–Kier alpha value is -1.91. The zero-order chi connectivity index (χ0) is 8.55. The molecule has 0 saturated heterocycles. The van der Waals surface area contributed by atoms with Crippen molar-refractivity contribution < 1.29 is 4.79 Å². The molecular formula is C7H6N4O. The topological polar surface area (TPSA) is 84.7 Å². The van der Waals surface area contributed by atoms with E-state index in [9.17, 15) is 4.79 Å². The second-order valence-electron chi connectivity index (χ2n) is 2.34. The first-order valence-electron chi connectivity index (χ1n) is 3.37. The Morgan fingerprint density at radius 1 is 1.50 bits per heavy atom. The van der Waals surface area contributed by atoms with Crippen LogP contribution >= 0.6 is 0 Å². The summed E-state index contributed by atoms with van der Waals surface area (Å²) in [4.78, 5) is 21.3. The number of aromatic nitrogens is 3. The highest BCUT2D eigenvalue weighted by Crippen LogP contribution is 2.13. The number of aromatic amines is 1. The molecule has 2 aliphatic rings. The molecule has 0 saturated carbocycles. The van der Waals surface area contributed by atoms with Gasteiger partial charge in [-0.25, -0.2) is 9.97 Å². The predicted octanol–water partition coefficient (Wildman–Crippen LogP) is 0.00840. The normalized spacial score (nSPS) is 10.3. The molecule has 0 fully saturated rings. The standard InChI is InChI=1S/C7H6N4O/c8-6(12)5-3-10-7-4(11-5)1-2-9-7/h1-3,11H,(H2,8,12). The summed E-state index contributed by atoms with van der Waals surface area (Å²) in [5.74, 6) is 0.0607. The fraction of sp³-hybridized carbons (Fsp3) is 0. The first-order chi connectivity index (χ1) is 5.77. The first-order valence-corrected chi connectivity index (χ1v) is 3.37. The molecule has 60 valence electrons. The van der Waals surface area contributed by atoms with Gasteiger partial charge in [0.25, 0.3) is 5.91 Å². The van der Waals surface area contributed by atoms with E-state index in [1.165, 1.54) is 6.20 Å². The molecule has 0 atom stereocenters. The van der Waals surface area contributed by atoms with Crippen molar-refractivity contribution in [2.75, 3.05) is 0 Å². The van der Waals surface area contributed by atoms with E-state index in [0.717, 1.165) is 0 Å². The highest BCUT2D eigenvalue weighted by molar-refractivity contribution is 5.91. The van der Waals surface area contributed by atoms with Gasteiger partial charge in [-0.2, -0.15) is 0 Å². The average Bonchev–Trinajstić information content (AvgIpc) is 2.49. The Morgan fingerprint density at radius 3 is 3.08 bits per heavy atom. The fourth-order valence-electron chi connectivity index (χ4n) is 0.955. The van der Waals surface area contributed by atoms with Gasteiger partial charge in [0.1, 0.15) is 5.69 Å². The van der Waals surface area contributed by atoms with Gasteiger partial charge in [-0.1, -0.05) is 0 Å². The molecule has 0 bridgehead atoms. The lowest BCUT2D eigenvalue weighted by atomic mass is 10.3. The van der Waals surface area contributed by atoms with Crippen LogP contribution in [0.25, 0.3) is 11.5 Å². The Labute approximate surface area is 68.0 Å². The summed E-state index contributed by atoms with van der Waals surface area (Å²) >= 11 is 0. The van der Waals surface area contributed by atoms with Crippen LogP contribution in [-0.2, 0) is 0 Å². The van der Waals surface area contributed by atoms with E-state index in [2.05, 4.69) is 15.0 Å². The number of nitrogens with one attached hydrogen (secondary N) is 1. The van der Waals surface area contributed by atoms with Crippen molar-refractivity contribution in [3.8, 4) is 11.5 Å². The van der Waals surface area contributed by atoms with E-state index in [-0.39, 0.29) is 5.69 Å². The second kappa shape index (κ2) is 2.30. The molecular weight excluding hydrogens is 156 g/mol. The molecule has 1 amide bonds. The summed E-state index contributed by atoms with van der Waals surface area (Å²) < 4.78 is 0. The van der Waals surface area contributed by atoms with E-state index < -0.39 is 5.91 Å². The largest absolute Gasteiger partial charge is 0.364 e. The number of nitrogens with two attached hydrogens (primary N) is 1.